The summed E-state index contributed by atoms with van der Waals surface area (Å²) in [5.41, 5.74) is -0.0286. The number of ether oxygens (including phenoxy) is 1. The van der Waals surface area contributed by atoms with Crippen molar-refractivity contribution in [1.82, 2.24) is 9.88 Å². The van der Waals surface area contributed by atoms with Crippen molar-refractivity contribution in [1.29, 1.82) is 0 Å². The zero-order valence-electron chi connectivity index (χ0n) is 11.8. The summed E-state index contributed by atoms with van der Waals surface area (Å²) in [6.45, 7) is 5.05. The normalized spacial score (nSPS) is 16.9. The number of anilines is 1. The predicted octanol–water partition coefficient (Wildman–Crippen LogP) is 1.89. The largest absolute Gasteiger partial charge is 0.481 e. The van der Waals surface area contributed by atoms with Gasteiger partial charge in [0.15, 0.2) is 0 Å². The van der Waals surface area contributed by atoms with Crippen molar-refractivity contribution in [3.63, 3.8) is 0 Å². The van der Waals surface area contributed by atoms with Gasteiger partial charge in [0.05, 0.1) is 12.0 Å². The second kappa shape index (κ2) is 6.51. The number of aromatic nitrogens is 1. The van der Waals surface area contributed by atoms with E-state index in [1.165, 1.54) is 32.1 Å². The highest BCUT2D eigenvalue weighted by atomic mass is 16.6. The van der Waals surface area contributed by atoms with Crippen LogP contribution in [0.15, 0.2) is 12.1 Å². The maximum absolute atomic E-state index is 11.0. The monoisotopic (exact) mass is 280 g/mol. The SMILES string of the molecule is COc1ccc([N+](=O)[O-])c(NC(C)CN2CCCC2)n1. The fourth-order valence-electron chi connectivity index (χ4n) is 2.43. The lowest BCUT2D eigenvalue weighted by Crippen LogP contribution is -2.33. The van der Waals surface area contributed by atoms with Crippen molar-refractivity contribution in [2.75, 3.05) is 32.1 Å². The standard InChI is InChI=1S/C13H20N4O3/c1-10(9-16-7-3-4-8-16)14-13-11(17(18)19)5-6-12(15-13)20-2/h5-6,10H,3-4,7-9H2,1-2H3,(H,14,15). The Morgan fingerprint density at radius 3 is 2.80 bits per heavy atom. The molecule has 1 atom stereocenters. The number of pyridine rings is 1. The van der Waals surface area contributed by atoms with E-state index in [1.54, 1.807) is 0 Å². The number of nitrogens with zero attached hydrogens (tertiary/aromatic N) is 3. The Bertz CT molecular complexity index is 475. The third kappa shape index (κ3) is 3.57. The van der Waals surface area contributed by atoms with E-state index in [0.717, 1.165) is 19.6 Å². The van der Waals surface area contributed by atoms with Gasteiger partial charge in [0.1, 0.15) is 0 Å². The van der Waals surface area contributed by atoms with Crippen LogP contribution < -0.4 is 10.1 Å². The average molecular weight is 280 g/mol. The van der Waals surface area contributed by atoms with E-state index in [2.05, 4.69) is 15.2 Å². The van der Waals surface area contributed by atoms with Crippen molar-refractivity contribution in [2.45, 2.75) is 25.8 Å². The van der Waals surface area contributed by atoms with Crippen LogP contribution in [0.1, 0.15) is 19.8 Å². The second-order valence-corrected chi connectivity index (χ2v) is 5.03. The van der Waals surface area contributed by atoms with Crippen molar-refractivity contribution in [3.05, 3.63) is 22.2 Å². The quantitative estimate of drug-likeness (QED) is 0.633. The van der Waals surface area contributed by atoms with E-state index in [0.29, 0.717) is 5.88 Å². The van der Waals surface area contributed by atoms with Crippen LogP contribution in [0.5, 0.6) is 5.88 Å². The van der Waals surface area contributed by atoms with Crippen LogP contribution in [0.2, 0.25) is 0 Å². The molecule has 1 saturated heterocycles. The molecule has 0 aromatic carbocycles. The molecule has 20 heavy (non-hydrogen) atoms. The number of rotatable bonds is 6. The van der Waals surface area contributed by atoms with E-state index < -0.39 is 4.92 Å². The fourth-order valence-corrected chi connectivity index (χ4v) is 2.43. The van der Waals surface area contributed by atoms with Gasteiger partial charge in [0.2, 0.25) is 11.7 Å². The van der Waals surface area contributed by atoms with Crippen molar-refractivity contribution in [2.24, 2.45) is 0 Å². The van der Waals surface area contributed by atoms with Crippen LogP contribution in [-0.2, 0) is 0 Å². The summed E-state index contributed by atoms with van der Waals surface area (Å²) in [5, 5.41) is 14.1. The van der Waals surface area contributed by atoms with Crippen LogP contribution in [0.3, 0.4) is 0 Å². The Morgan fingerprint density at radius 1 is 1.50 bits per heavy atom. The molecule has 1 N–H and O–H groups in total. The fraction of sp³-hybridized carbons (Fsp3) is 0.615. The molecule has 1 unspecified atom stereocenters. The topological polar surface area (TPSA) is 80.5 Å². The molecule has 7 heteroatoms. The lowest BCUT2D eigenvalue weighted by molar-refractivity contribution is -0.384. The molecule has 0 spiro atoms. The first kappa shape index (κ1) is 14.5. The number of nitro groups is 1. The molecule has 0 aliphatic carbocycles. The molecule has 1 aromatic heterocycles. The van der Waals surface area contributed by atoms with Crippen LogP contribution in [-0.4, -0.2) is 47.6 Å². The first-order chi connectivity index (χ1) is 9.60. The summed E-state index contributed by atoms with van der Waals surface area (Å²) in [4.78, 5) is 17.1. The summed E-state index contributed by atoms with van der Waals surface area (Å²) in [6, 6.07) is 3.00. The molecule has 0 bridgehead atoms. The van der Waals surface area contributed by atoms with E-state index >= 15 is 0 Å². The number of hydrogen-bond donors (Lipinski definition) is 1. The molecule has 0 saturated carbocycles. The molecular formula is C13H20N4O3. The molecule has 0 amide bonds. The average Bonchev–Trinajstić information content (AvgIpc) is 2.90. The minimum Gasteiger partial charge on any atom is -0.481 e. The molecule has 1 fully saturated rings. The van der Waals surface area contributed by atoms with Crippen molar-refractivity contribution >= 4 is 11.5 Å². The third-order valence-corrected chi connectivity index (χ3v) is 3.37. The minimum atomic E-state index is -0.433. The van der Waals surface area contributed by atoms with Crippen molar-refractivity contribution in [3.8, 4) is 5.88 Å². The lowest BCUT2D eigenvalue weighted by Gasteiger charge is -2.21. The first-order valence-corrected chi connectivity index (χ1v) is 6.78. The molecule has 2 rings (SSSR count). The minimum absolute atomic E-state index is 0.0286. The van der Waals surface area contributed by atoms with Gasteiger partial charge in [-0.25, -0.2) is 0 Å². The lowest BCUT2D eigenvalue weighted by atomic mass is 10.3. The molecule has 0 radical (unpaired) electrons. The Kier molecular flexibility index (Phi) is 4.73. The van der Waals surface area contributed by atoms with Gasteiger partial charge < -0.3 is 15.0 Å². The number of methoxy groups -OCH3 is 1. The molecule has 1 aliphatic rings. The third-order valence-electron chi connectivity index (χ3n) is 3.37. The van der Waals surface area contributed by atoms with Gasteiger partial charge in [-0.15, -0.1) is 0 Å². The van der Waals surface area contributed by atoms with Gasteiger partial charge in [-0.1, -0.05) is 0 Å². The Morgan fingerprint density at radius 2 is 2.20 bits per heavy atom. The van der Waals surface area contributed by atoms with E-state index in [4.69, 9.17) is 4.74 Å². The molecule has 7 nitrogen and oxygen atoms in total. The summed E-state index contributed by atoms with van der Waals surface area (Å²) >= 11 is 0. The van der Waals surface area contributed by atoms with Gasteiger partial charge in [-0.05, 0) is 32.9 Å². The maximum atomic E-state index is 11.0. The van der Waals surface area contributed by atoms with Crippen LogP contribution in [0.25, 0.3) is 0 Å². The van der Waals surface area contributed by atoms with Gasteiger partial charge in [0.25, 0.3) is 0 Å². The number of likely N-dealkylation sites (tertiary alicyclic amines) is 1. The molecule has 1 aliphatic heterocycles. The molecular weight excluding hydrogens is 260 g/mol. The van der Waals surface area contributed by atoms with E-state index in [1.807, 2.05) is 6.92 Å². The van der Waals surface area contributed by atoms with Crippen molar-refractivity contribution < 1.29 is 9.66 Å². The molecule has 2 heterocycles. The zero-order valence-corrected chi connectivity index (χ0v) is 11.8. The molecule has 110 valence electrons. The Hall–Kier alpha value is -1.89. The smallest absolute Gasteiger partial charge is 0.311 e. The van der Waals surface area contributed by atoms with Gasteiger partial charge in [-0.2, -0.15) is 4.98 Å². The summed E-state index contributed by atoms with van der Waals surface area (Å²) in [6.07, 6.45) is 2.45. The first-order valence-electron chi connectivity index (χ1n) is 6.78. The second-order valence-electron chi connectivity index (χ2n) is 5.03. The highest BCUT2D eigenvalue weighted by molar-refractivity contribution is 5.57. The predicted molar refractivity (Wildman–Crippen MR) is 76.2 cm³/mol. The van der Waals surface area contributed by atoms with Crippen LogP contribution in [0, 0.1) is 10.1 Å². The van der Waals surface area contributed by atoms with Crippen LogP contribution in [0.4, 0.5) is 11.5 Å². The summed E-state index contributed by atoms with van der Waals surface area (Å²) in [5.74, 6) is 0.632. The Labute approximate surface area is 118 Å². The molecule has 1 aromatic rings. The highest BCUT2D eigenvalue weighted by Crippen LogP contribution is 2.25. The van der Waals surface area contributed by atoms with Gasteiger partial charge >= 0.3 is 5.69 Å². The van der Waals surface area contributed by atoms with E-state index in [9.17, 15) is 10.1 Å². The highest BCUT2D eigenvalue weighted by Gasteiger charge is 2.20. The summed E-state index contributed by atoms with van der Waals surface area (Å²) in [7, 11) is 1.49. The van der Waals surface area contributed by atoms with Crippen LogP contribution >= 0.6 is 0 Å². The Balaban J connectivity index is 2.07. The summed E-state index contributed by atoms with van der Waals surface area (Å²) < 4.78 is 5.02. The van der Waals surface area contributed by atoms with Gasteiger partial charge in [0, 0.05) is 24.7 Å². The zero-order chi connectivity index (χ0) is 14.5. The number of hydrogen-bond acceptors (Lipinski definition) is 6. The maximum Gasteiger partial charge on any atom is 0.311 e. The van der Waals surface area contributed by atoms with Gasteiger partial charge in [-0.3, -0.25) is 10.1 Å². The number of nitrogens with one attached hydrogen (secondary N) is 1. The van der Waals surface area contributed by atoms with E-state index in [-0.39, 0.29) is 17.5 Å².